The van der Waals surface area contributed by atoms with Gasteiger partial charge in [0.25, 0.3) is 0 Å². The molecule has 1 amide bonds. The van der Waals surface area contributed by atoms with Gasteiger partial charge < -0.3 is 14.5 Å². The molecule has 2 aromatic carbocycles. The highest BCUT2D eigenvalue weighted by Gasteiger charge is 2.12. The first-order chi connectivity index (χ1) is 10.3. The van der Waals surface area contributed by atoms with E-state index in [2.05, 4.69) is 10.3 Å². The topological polar surface area (TPSA) is 64.4 Å². The minimum atomic E-state index is -0.203. The lowest BCUT2D eigenvalue weighted by Gasteiger charge is -2.08. The number of oxazole rings is 1. The van der Waals surface area contributed by atoms with Gasteiger partial charge >= 0.3 is 0 Å². The van der Waals surface area contributed by atoms with Crippen molar-refractivity contribution in [3.63, 3.8) is 0 Å². The number of hydrogen-bond acceptors (Lipinski definition) is 4. The molecule has 1 heterocycles. The summed E-state index contributed by atoms with van der Waals surface area (Å²) < 4.78 is 10.7. The molecule has 1 N–H and O–H groups in total. The van der Waals surface area contributed by atoms with Crippen LogP contribution in [0.4, 0.5) is 5.69 Å². The SMILES string of the molecule is COc1ccccc1NC(=O)Cc1nc2ccccc2o1. The Kier molecular flexibility index (Phi) is 3.55. The molecule has 0 aliphatic heterocycles. The van der Waals surface area contributed by atoms with E-state index in [1.165, 1.54) is 0 Å². The van der Waals surface area contributed by atoms with Crippen molar-refractivity contribution in [2.45, 2.75) is 6.42 Å². The summed E-state index contributed by atoms with van der Waals surface area (Å²) in [6, 6.07) is 14.7. The third kappa shape index (κ3) is 2.86. The molecule has 0 atom stereocenters. The monoisotopic (exact) mass is 282 g/mol. The van der Waals surface area contributed by atoms with Crippen LogP contribution in [-0.4, -0.2) is 18.0 Å². The maximum absolute atomic E-state index is 12.1. The number of rotatable bonds is 4. The van der Waals surface area contributed by atoms with Crippen molar-refractivity contribution in [2.75, 3.05) is 12.4 Å². The minimum Gasteiger partial charge on any atom is -0.495 e. The van der Waals surface area contributed by atoms with Crippen molar-refractivity contribution >= 4 is 22.7 Å². The molecule has 1 aromatic heterocycles. The molecule has 3 rings (SSSR count). The maximum Gasteiger partial charge on any atom is 0.233 e. The standard InChI is InChI=1S/C16H14N2O3/c1-20-13-8-4-2-6-11(13)17-15(19)10-16-18-12-7-3-5-9-14(12)21-16/h2-9H,10H2,1H3,(H,17,19). The van der Waals surface area contributed by atoms with Gasteiger partial charge in [-0.3, -0.25) is 4.79 Å². The third-order valence-electron chi connectivity index (χ3n) is 3.03. The molecule has 0 fully saturated rings. The number of nitrogens with zero attached hydrogens (tertiary/aromatic N) is 1. The predicted molar refractivity (Wildman–Crippen MR) is 79.3 cm³/mol. The number of amides is 1. The zero-order valence-corrected chi connectivity index (χ0v) is 11.5. The fourth-order valence-electron chi connectivity index (χ4n) is 2.08. The molecule has 0 bridgehead atoms. The minimum absolute atomic E-state index is 0.0761. The summed E-state index contributed by atoms with van der Waals surface area (Å²) in [4.78, 5) is 16.3. The Morgan fingerprint density at radius 2 is 1.95 bits per heavy atom. The fourth-order valence-corrected chi connectivity index (χ4v) is 2.08. The Morgan fingerprint density at radius 3 is 2.76 bits per heavy atom. The lowest BCUT2D eigenvalue weighted by Crippen LogP contribution is -2.15. The molecule has 106 valence electrons. The number of hydrogen-bond donors (Lipinski definition) is 1. The molecular formula is C16H14N2O3. The van der Waals surface area contributed by atoms with Crippen LogP contribution < -0.4 is 10.1 Å². The van der Waals surface area contributed by atoms with Gasteiger partial charge in [-0.1, -0.05) is 24.3 Å². The van der Waals surface area contributed by atoms with Gasteiger partial charge in [-0.2, -0.15) is 0 Å². The first-order valence-electron chi connectivity index (χ1n) is 6.53. The molecule has 0 unspecified atom stereocenters. The molecule has 0 aliphatic carbocycles. The van der Waals surface area contributed by atoms with Gasteiger partial charge in [0.05, 0.1) is 12.8 Å². The van der Waals surface area contributed by atoms with Gasteiger partial charge in [0.1, 0.15) is 17.7 Å². The average Bonchev–Trinajstić information content (AvgIpc) is 2.89. The van der Waals surface area contributed by atoms with E-state index < -0.39 is 0 Å². The van der Waals surface area contributed by atoms with Crippen LogP contribution >= 0.6 is 0 Å². The van der Waals surface area contributed by atoms with E-state index in [4.69, 9.17) is 9.15 Å². The number of ether oxygens (including phenoxy) is 1. The van der Waals surface area contributed by atoms with Crippen LogP contribution in [0.2, 0.25) is 0 Å². The first kappa shape index (κ1) is 13.2. The van der Waals surface area contributed by atoms with E-state index >= 15 is 0 Å². The van der Waals surface area contributed by atoms with Gasteiger partial charge in [0.15, 0.2) is 5.58 Å². The summed E-state index contributed by atoms with van der Waals surface area (Å²) >= 11 is 0. The highest BCUT2D eigenvalue weighted by Crippen LogP contribution is 2.23. The molecule has 0 saturated heterocycles. The predicted octanol–water partition coefficient (Wildman–Crippen LogP) is 3.02. The molecule has 0 spiro atoms. The number of para-hydroxylation sites is 4. The lowest BCUT2D eigenvalue weighted by atomic mass is 10.3. The summed E-state index contributed by atoms with van der Waals surface area (Å²) in [5.41, 5.74) is 2.05. The number of aromatic nitrogens is 1. The van der Waals surface area contributed by atoms with Crippen LogP contribution in [0.25, 0.3) is 11.1 Å². The number of carbonyl (C=O) groups excluding carboxylic acids is 1. The van der Waals surface area contributed by atoms with Crippen LogP contribution in [0.5, 0.6) is 5.75 Å². The number of methoxy groups -OCH3 is 1. The van der Waals surface area contributed by atoms with E-state index in [1.54, 1.807) is 19.2 Å². The van der Waals surface area contributed by atoms with Crippen molar-refractivity contribution < 1.29 is 13.9 Å². The maximum atomic E-state index is 12.1. The number of nitrogens with one attached hydrogen (secondary N) is 1. The zero-order valence-electron chi connectivity index (χ0n) is 11.5. The van der Waals surface area contributed by atoms with Crippen LogP contribution in [0, 0.1) is 0 Å². The summed E-state index contributed by atoms with van der Waals surface area (Å²) in [6.07, 6.45) is 0.0761. The van der Waals surface area contributed by atoms with Gasteiger partial charge in [-0.25, -0.2) is 4.98 Å². The highest BCUT2D eigenvalue weighted by atomic mass is 16.5. The van der Waals surface area contributed by atoms with Gasteiger partial charge in [0, 0.05) is 0 Å². The van der Waals surface area contributed by atoms with E-state index in [0.29, 0.717) is 22.9 Å². The Hall–Kier alpha value is -2.82. The number of fused-ring (bicyclic) bond motifs is 1. The Morgan fingerprint density at radius 1 is 1.19 bits per heavy atom. The van der Waals surface area contributed by atoms with Crippen molar-refractivity contribution in [1.82, 2.24) is 4.98 Å². The molecule has 3 aromatic rings. The molecule has 0 radical (unpaired) electrons. The van der Waals surface area contributed by atoms with Crippen molar-refractivity contribution in [3.05, 3.63) is 54.4 Å². The Balaban J connectivity index is 1.74. The molecular weight excluding hydrogens is 268 g/mol. The number of carbonyl (C=O) groups is 1. The smallest absolute Gasteiger partial charge is 0.233 e. The average molecular weight is 282 g/mol. The summed E-state index contributed by atoms with van der Waals surface area (Å²) in [5.74, 6) is 0.804. The number of benzene rings is 2. The molecule has 0 saturated carbocycles. The third-order valence-corrected chi connectivity index (χ3v) is 3.03. The van der Waals surface area contributed by atoms with Crippen LogP contribution in [0.1, 0.15) is 5.89 Å². The van der Waals surface area contributed by atoms with E-state index in [1.807, 2.05) is 36.4 Å². The van der Waals surface area contributed by atoms with Crippen LogP contribution in [0.15, 0.2) is 52.9 Å². The van der Waals surface area contributed by atoms with Gasteiger partial charge in [0.2, 0.25) is 11.8 Å². The summed E-state index contributed by atoms with van der Waals surface area (Å²) in [5, 5.41) is 2.79. The first-order valence-corrected chi connectivity index (χ1v) is 6.53. The molecule has 0 aliphatic rings. The quantitative estimate of drug-likeness (QED) is 0.799. The second-order valence-electron chi connectivity index (χ2n) is 4.50. The van der Waals surface area contributed by atoms with Gasteiger partial charge in [-0.15, -0.1) is 0 Å². The summed E-state index contributed by atoms with van der Waals surface area (Å²) in [7, 11) is 1.56. The Bertz CT molecular complexity index is 747. The van der Waals surface area contributed by atoms with Crippen LogP contribution in [0.3, 0.4) is 0 Å². The van der Waals surface area contributed by atoms with Crippen molar-refractivity contribution in [3.8, 4) is 5.75 Å². The molecule has 5 nitrogen and oxygen atoms in total. The largest absolute Gasteiger partial charge is 0.495 e. The highest BCUT2D eigenvalue weighted by molar-refractivity contribution is 5.93. The van der Waals surface area contributed by atoms with Crippen LogP contribution in [-0.2, 0) is 11.2 Å². The van der Waals surface area contributed by atoms with Crippen molar-refractivity contribution in [2.24, 2.45) is 0 Å². The van der Waals surface area contributed by atoms with E-state index in [0.717, 1.165) is 5.52 Å². The molecule has 5 heteroatoms. The Labute approximate surface area is 121 Å². The number of anilines is 1. The zero-order chi connectivity index (χ0) is 14.7. The van der Waals surface area contributed by atoms with E-state index in [9.17, 15) is 4.79 Å². The second-order valence-corrected chi connectivity index (χ2v) is 4.50. The van der Waals surface area contributed by atoms with E-state index in [-0.39, 0.29) is 12.3 Å². The summed E-state index contributed by atoms with van der Waals surface area (Å²) in [6.45, 7) is 0. The second kappa shape index (κ2) is 5.66. The molecule has 21 heavy (non-hydrogen) atoms. The normalized spacial score (nSPS) is 10.5. The fraction of sp³-hybridized carbons (Fsp3) is 0.125. The van der Waals surface area contributed by atoms with Crippen molar-refractivity contribution in [1.29, 1.82) is 0 Å². The van der Waals surface area contributed by atoms with Gasteiger partial charge in [-0.05, 0) is 24.3 Å². The lowest BCUT2D eigenvalue weighted by molar-refractivity contribution is -0.115.